The van der Waals surface area contributed by atoms with Crippen LogP contribution in [-0.4, -0.2) is 49.8 Å². The van der Waals surface area contributed by atoms with Gasteiger partial charge in [-0.2, -0.15) is 0 Å². The lowest BCUT2D eigenvalue weighted by Crippen LogP contribution is -2.49. The number of nitrogens with zero attached hydrogens (tertiary/aromatic N) is 1. The predicted octanol–water partition coefficient (Wildman–Crippen LogP) is 0.269. The fraction of sp³-hybridized carbons (Fsp3) is 0.889. The molecule has 1 aliphatic heterocycles. The van der Waals surface area contributed by atoms with Crippen molar-refractivity contribution in [3.8, 4) is 0 Å². The Labute approximate surface area is 78.8 Å². The molecule has 0 aromatic carbocycles. The Balaban J connectivity index is 2.41. The van der Waals surface area contributed by atoms with Crippen molar-refractivity contribution in [3.05, 3.63) is 0 Å². The third-order valence-corrected chi connectivity index (χ3v) is 2.30. The average Bonchev–Trinajstić information content (AvgIpc) is 2.11. The van der Waals surface area contributed by atoms with Gasteiger partial charge in [0, 0.05) is 12.6 Å². The van der Waals surface area contributed by atoms with Crippen LogP contribution in [0.2, 0.25) is 0 Å². The van der Waals surface area contributed by atoms with E-state index in [1.165, 1.54) is 7.11 Å². The molecule has 0 amide bonds. The van der Waals surface area contributed by atoms with E-state index in [4.69, 9.17) is 4.74 Å². The van der Waals surface area contributed by atoms with Gasteiger partial charge in [0.25, 0.3) is 0 Å². The molecule has 0 spiro atoms. The van der Waals surface area contributed by atoms with Crippen molar-refractivity contribution in [3.63, 3.8) is 0 Å². The molecule has 76 valence electrons. The molecule has 4 heteroatoms. The molecule has 0 aromatic heterocycles. The van der Waals surface area contributed by atoms with E-state index >= 15 is 0 Å². The molecule has 0 saturated carbocycles. The van der Waals surface area contributed by atoms with Gasteiger partial charge in [-0.15, -0.1) is 0 Å². The van der Waals surface area contributed by atoms with Crippen LogP contribution in [-0.2, 0) is 14.3 Å². The summed E-state index contributed by atoms with van der Waals surface area (Å²) in [7, 11) is 1.41. The highest BCUT2D eigenvalue weighted by atomic mass is 16.5. The summed E-state index contributed by atoms with van der Waals surface area (Å²) in [6.45, 7) is 5.92. The molecule has 13 heavy (non-hydrogen) atoms. The average molecular weight is 187 g/mol. The third-order valence-electron chi connectivity index (χ3n) is 2.30. The summed E-state index contributed by atoms with van der Waals surface area (Å²) in [5.74, 6) is -0.180. The topological polar surface area (TPSA) is 38.8 Å². The van der Waals surface area contributed by atoms with Gasteiger partial charge in [0.15, 0.2) is 0 Å². The smallest absolute Gasteiger partial charge is 0.319 e. The maximum Gasteiger partial charge on any atom is 0.319 e. The minimum absolute atomic E-state index is 0.180. The maximum absolute atomic E-state index is 11.0. The second kappa shape index (κ2) is 4.58. The van der Waals surface area contributed by atoms with Crippen LogP contribution >= 0.6 is 0 Å². The molecule has 1 aliphatic rings. The molecule has 1 rings (SSSR count). The highest BCUT2D eigenvalue weighted by molar-refractivity contribution is 5.71. The predicted molar refractivity (Wildman–Crippen MR) is 48.5 cm³/mol. The van der Waals surface area contributed by atoms with Crippen LogP contribution in [0.5, 0.6) is 0 Å². The number of methoxy groups -OCH3 is 1. The number of hydrogen-bond acceptors (Lipinski definition) is 4. The lowest BCUT2D eigenvalue weighted by Gasteiger charge is -2.35. The Kier molecular flexibility index (Phi) is 3.69. The molecular weight excluding hydrogens is 170 g/mol. The number of rotatable bonds is 2. The second-order valence-corrected chi connectivity index (χ2v) is 3.50. The van der Waals surface area contributed by atoms with Gasteiger partial charge >= 0.3 is 5.97 Å². The monoisotopic (exact) mass is 187 g/mol. The van der Waals surface area contributed by atoms with Crippen LogP contribution in [0, 0.1) is 0 Å². The zero-order valence-corrected chi connectivity index (χ0v) is 8.45. The van der Waals surface area contributed by atoms with E-state index in [-0.39, 0.29) is 12.1 Å². The van der Waals surface area contributed by atoms with Crippen molar-refractivity contribution < 1.29 is 14.3 Å². The lowest BCUT2D eigenvalue weighted by molar-refractivity contribution is -0.145. The standard InChI is InChI=1S/C9H17NO3/c1-7-6-13-8(2)4-10(7)5-9(11)12-3/h7-8H,4-6H2,1-3H3. The summed E-state index contributed by atoms with van der Waals surface area (Å²) in [4.78, 5) is 13.1. The first kappa shape index (κ1) is 10.5. The van der Waals surface area contributed by atoms with Crippen molar-refractivity contribution in [1.29, 1.82) is 0 Å². The number of carbonyl (C=O) groups excluding carboxylic acids is 1. The minimum Gasteiger partial charge on any atom is -0.468 e. The zero-order valence-electron chi connectivity index (χ0n) is 8.45. The van der Waals surface area contributed by atoms with Crippen molar-refractivity contribution in [2.24, 2.45) is 0 Å². The SMILES string of the molecule is COC(=O)CN1CC(C)OCC1C. The summed E-state index contributed by atoms with van der Waals surface area (Å²) in [6, 6.07) is 0.301. The zero-order chi connectivity index (χ0) is 9.84. The number of ether oxygens (including phenoxy) is 2. The van der Waals surface area contributed by atoms with Gasteiger partial charge in [0.1, 0.15) is 0 Å². The van der Waals surface area contributed by atoms with Crippen molar-refractivity contribution in [2.75, 3.05) is 26.8 Å². The molecule has 2 atom stereocenters. The summed E-state index contributed by atoms with van der Waals surface area (Å²) in [5.41, 5.74) is 0. The summed E-state index contributed by atoms with van der Waals surface area (Å²) in [6.07, 6.45) is 0.209. The van der Waals surface area contributed by atoms with Crippen molar-refractivity contribution in [2.45, 2.75) is 26.0 Å². The molecule has 2 unspecified atom stereocenters. The fourth-order valence-corrected chi connectivity index (χ4v) is 1.42. The fourth-order valence-electron chi connectivity index (χ4n) is 1.42. The summed E-state index contributed by atoms with van der Waals surface area (Å²) in [5, 5.41) is 0. The number of hydrogen-bond donors (Lipinski definition) is 0. The maximum atomic E-state index is 11.0. The molecule has 1 fully saturated rings. The van der Waals surface area contributed by atoms with Gasteiger partial charge in [-0.1, -0.05) is 0 Å². The highest BCUT2D eigenvalue weighted by Crippen LogP contribution is 2.10. The Bertz CT molecular complexity index is 184. The van der Waals surface area contributed by atoms with Gasteiger partial charge in [-0.05, 0) is 13.8 Å². The molecule has 1 heterocycles. The largest absolute Gasteiger partial charge is 0.468 e. The molecule has 0 radical (unpaired) electrons. The van der Waals surface area contributed by atoms with Crippen LogP contribution < -0.4 is 0 Å². The second-order valence-electron chi connectivity index (χ2n) is 3.50. The molecular formula is C9H17NO3. The molecule has 0 bridgehead atoms. The van der Waals surface area contributed by atoms with E-state index in [2.05, 4.69) is 16.6 Å². The van der Waals surface area contributed by atoms with Crippen LogP contribution in [0.1, 0.15) is 13.8 Å². The van der Waals surface area contributed by atoms with Gasteiger partial charge < -0.3 is 9.47 Å². The summed E-state index contributed by atoms with van der Waals surface area (Å²) >= 11 is 0. The Morgan fingerprint density at radius 1 is 1.62 bits per heavy atom. The lowest BCUT2D eigenvalue weighted by atomic mass is 10.2. The Morgan fingerprint density at radius 2 is 2.31 bits per heavy atom. The molecule has 0 aromatic rings. The van der Waals surface area contributed by atoms with Gasteiger partial charge in [-0.25, -0.2) is 0 Å². The summed E-state index contributed by atoms with van der Waals surface area (Å²) < 4.78 is 10.1. The van der Waals surface area contributed by atoms with Crippen LogP contribution in [0.25, 0.3) is 0 Å². The van der Waals surface area contributed by atoms with E-state index in [0.29, 0.717) is 19.2 Å². The highest BCUT2D eigenvalue weighted by Gasteiger charge is 2.25. The van der Waals surface area contributed by atoms with Crippen LogP contribution in [0.15, 0.2) is 0 Å². The Hall–Kier alpha value is -0.610. The quantitative estimate of drug-likeness (QED) is 0.582. The van der Waals surface area contributed by atoms with Gasteiger partial charge in [-0.3, -0.25) is 9.69 Å². The number of carbonyl (C=O) groups is 1. The first-order chi connectivity index (χ1) is 6.13. The van der Waals surface area contributed by atoms with E-state index in [9.17, 15) is 4.79 Å². The number of morpholine rings is 1. The minimum atomic E-state index is -0.180. The molecule has 1 saturated heterocycles. The molecule has 0 N–H and O–H groups in total. The van der Waals surface area contributed by atoms with Crippen LogP contribution in [0.4, 0.5) is 0 Å². The molecule has 0 aliphatic carbocycles. The molecule has 4 nitrogen and oxygen atoms in total. The Morgan fingerprint density at radius 3 is 2.92 bits per heavy atom. The van der Waals surface area contributed by atoms with Gasteiger partial charge in [0.05, 0.1) is 26.4 Å². The van der Waals surface area contributed by atoms with E-state index in [1.54, 1.807) is 0 Å². The van der Waals surface area contributed by atoms with Gasteiger partial charge in [0.2, 0.25) is 0 Å². The first-order valence-corrected chi connectivity index (χ1v) is 4.56. The van der Waals surface area contributed by atoms with E-state index < -0.39 is 0 Å². The number of esters is 1. The van der Waals surface area contributed by atoms with Crippen molar-refractivity contribution >= 4 is 5.97 Å². The normalized spacial score (nSPS) is 30.1. The third kappa shape index (κ3) is 2.97. The van der Waals surface area contributed by atoms with E-state index in [1.807, 2.05) is 6.92 Å². The van der Waals surface area contributed by atoms with Crippen molar-refractivity contribution in [1.82, 2.24) is 4.90 Å². The van der Waals surface area contributed by atoms with Crippen LogP contribution in [0.3, 0.4) is 0 Å². The van der Waals surface area contributed by atoms with E-state index in [0.717, 1.165) is 6.54 Å². The first-order valence-electron chi connectivity index (χ1n) is 4.56.